The Bertz CT molecular complexity index is 643. The molecule has 0 unspecified atom stereocenters. The van der Waals surface area contributed by atoms with E-state index in [-0.39, 0.29) is 6.10 Å². The number of halogens is 1. The zero-order chi connectivity index (χ0) is 15.4. The minimum Gasteiger partial charge on any atom is -0.495 e. The fourth-order valence-electron chi connectivity index (χ4n) is 1.67. The number of ether oxygens (including phenoxy) is 2. The number of amides is 1. The van der Waals surface area contributed by atoms with Crippen LogP contribution >= 0.6 is 27.3 Å². The third-order valence-electron chi connectivity index (χ3n) is 2.51. The number of hydrogen-bond donors (Lipinski definition) is 1. The number of anilines is 1. The van der Waals surface area contributed by atoms with Crippen LogP contribution in [-0.4, -0.2) is 24.3 Å². The first-order chi connectivity index (χ1) is 9.99. The lowest BCUT2D eigenvalue weighted by atomic mass is 10.2. The fraction of sp³-hybridized carbons (Fsp3) is 0.286. The van der Waals surface area contributed by atoms with Crippen molar-refractivity contribution >= 4 is 39.0 Å². The van der Waals surface area contributed by atoms with Crippen LogP contribution in [0.5, 0.6) is 5.75 Å². The van der Waals surface area contributed by atoms with Gasteiger partial charge >= 0.3 is 6.09 Å². The minimum atomic E-state index is -0.506. The summed E-state index contributed by atoms with van der Waals surface area (Å²) in [6.07, 6.45) is 1.06. The summed E-state index contributed by atoms with van der Waals surface area (Å²) in [5.41, 5.74) is 1.48. The molecular weight excluding hydrogens is 356 g/mol. The van der Waals surface area contributed by atoms with Gasteiger partial charge in [-0.2, -0.15) is 0 Å². The monoisotopic (exact) mass is 370 g/mol. The normalized spacial score (nSPS) is 10.5. The quantitative estimate of drug-likeness (QED) is 0.857. The van der Waals surface area contributed by atoms with Gasteiger partial charge in [0.2, 0.25) is 0 Å². The predicted molar refractivity (Wildman–Crippen MR) is 87.0 cm³/mol. The zero-order valence-electron chi connectivity index (χ0n) is 11.8. The van der Waals surface area contributed by atoms with Crippen molar-refractivity contribution in [2.24, 2.45) is 0 Å². The first-order valence-electron chi connectivity index (χ1n) is 6.27. The van der Waals surface area contributed by atoms with E-state index in [1.165, 1.54) is 11.3 Å². The second kappa shape index (κ2) is 6.91. The van der Waals surface area contributed by atoms with Gasteiger partial charge in [0.05, 0.1) is 28.9 Å². The molecule has 1 heterocycles. The summed E-state index contributed by atoms with van der Waals surface area (Å²) < 4.78 is 11.3. The van der Waals surface area contributed by atoms with E-state index in [1.54, 1.807) is 33.2 Å². The zero-order valence-corrected chi connectivity index (χ0v) is 14.2. The van der Waals surface area contributed by atoms with Gasteiger partial charge in [-0.1, -0.05) is 0 Å². The SMILES string of the molecule is COc1cc(-c2ncc(Br)s2)ccc1NC(=O)OC(C)C. The smallest absolute Gasteiger partial charge is 0.411 e. The number of aromatic nitrogens is 1. The molecule has 0 aliphatic rings. The number of carbonyl (C=O) groups is 1. The molecule has 7 heteroatoms. The van der Waals surface area contributed by atoms with Crippen LogP contribution in [0.15, 0.2) is 28.2 Å². The van der Waals surface area contributed by atoms with Crippen LogP contribution < -0.4 is 10.1 Å². The summed E-state index contributed by atoms with van der Waals surface area (Å²) in [4.78, 5) is 15.9. The molecule has 0 aliphatic carbocycles. The number of hydrogen-bond acceptors (Lipinski definition) is 5. The van der Waals surface area contributed by atoms with Crippen LogP contribution in [0.3, 0.4) is 0 Å². The Morgan fingerprint density at radius 3 is 2.76 bits per heavy atom. The summed E-state index contributed by atoms with van der Waals surface area (Å²) >= 11 is 4.91. The molecule has 0 saturated carbocycles. The van der Waals surface area contributed by atoms with Crippen molar-refractivity contribution < 1.29 is 14.3 Å². The number of carbonyl (C=O) groups excluding carboxylic acids is 1. The highest BCUT2D eigenvalue weighted by Gasteiger charge is 2.12. The standard InChI is InChI=1S/C14H15BrN2O3S/c1-8(2)20-14(18)17-10-5-4-9(6-11(10)19-3)13-16-7-12(15)21-13/h4-8H,1-3H3,(H,17,18). The molecule has 0 fully saturated rings. The highest BCUT2D eigenvalue weighted by Crippen LogP contribution is 2.34. The van der Waals surface area contributed by atoms with Crippen LogP contribution in [-0.2, 0) is 4.74 Å². The predicted octanol–water partition coefficient (Wildman–Crippen LogP) is 4.54. The molecule has 1 amide bonds. The minimum absolute atomic E-state index is 0.178. The van der Waals surface area contributed by atoms with Crippen LogP contribution in [0.4, 0.5) is 10.5 Å². The van der Waals surface area contributed by atoms with Crippen molar-refractivity contribution in [1.29, 1.82) is 0 Å². The van der Waals surface area contributed by atoms with E-state index in [9.17, 15) is 4.79 Å². The van der Waals surface area contributed by atoms with Gasteiger partial charge in [0.15, 0.2) is 0 Å². The molecule has 2 aromatic rings. The number of nitrogens with zero attached hydrogens (tertiary/aromatic N) is 1. The largest absolute Gasteiger partial charge is 0.495 e. The molecule has 0 bridgehead atoms. The topological polar surface area (TPSA) is 60.5 Å². The summed E-state index contributed by atoms with van der Waals surface area (Å²) in [6, 6.07) is 5.47. The van der Waals surface area contributed by atoms with Gasteiger partial charge in [0, 0.05) is 5.56 Å². The Balaban J connectivity index is 2.22. The number of thiazole rings is 1. The number of benzene rings is 1. The molecule has 0 aliphatic heterocycles. The van der Waals surface area contributed by atoms with E-state index in [1.807, 2.05) is 12.1 Å². The maximum atomic E-state index is 11.6. The molecule has 5 nitrogen and oxygen atoms in total. The lowest BCUT2D eigenvalue weighted by molar-refractivity contribution is 0.130. The van der Waals surface area contributed by atoms with Gasteiger partial charge in [-0.3, -0.25) is 5.32 Å². The molecule has 1 aromatic carbocycles. The van der Waals surface area contributed by atoms with E-state index in [4.69, 9.17) is 9.47 Å². The van der Waals surface area contributed by atoms with E-state index in [0.29, 0.717) is 11.4 Å². The lowest BCUT2D eigenvalue weighted by Crippen LogP contribution is -2.18. The molecule has 1 aromatic heterocycles. The Hall–Kier alpha value is -1.60. The molecule has 0 radical (unpaired) electrons. The Morgan fingerprint density at radius 2 is 2.19 bits per heavy atom. The van der Waals surface area contributed by atoms with E-state index in [2.05, 4.69) is 26.2 Å². The van der Waals surface area contributed by atoms with Gasteiger partial charge in [0.25, 0.3) is 0 Å². The van der Waals surface area contributed by atoms with Gasteiger partial charge in [0.1, 0.15) is 10.8 Å². The van der Waals surface area contributed by atoms with Crippen molar-refractivity contribution in [3.63, 3.8) is 0 Å². The van der Waals surface area contributed by atoms with E-state index in [0.717, 1.165) is 14.4 Å². The third-order valence-corrected chi connectivity index (χ3v) is 4.03. The van der Waals surface area contributed by atoms with Crippen molar-refractivity contribution in [3.05, 3.63) is 28.2 Å². The Kier molecular flexibility index (Phi) is 5.19. The van der Waals surface area contributed by atoms with Gasteiger partial charge in [-0.25, -0.2) is 9.78 Å². The Morgan fingerprint density at radius 1 is 1.43 bits per heavy atom. The highest BCUT2D eigenvalue weighted by molar-refractivity contribution is 9.11. The summed E-state index contributed by atoms with van der Waals surface area (Å²) in [5.74, 6) is 0.555. The second-order valence-corrected chi connectivity index (χ2v) is 6.87. The van der Waals surface area contributed by atoms with Crippen LogP contribution in [0.2, 0.25) is 0 Å². The molecule has 0 atom stereocenters. The molecule has 21 heavy (non-hydrogen) atoms. The Labute approximate surface area is 135 Å². The van der Waals surface area contributed by atoms with Crippen molar-refractivity contribution in [1.82, 2.24) is 4.98 Å². The van der Waals surface area contributed by atoms with Crippen LogP contribution in [0, 0.1) is 0 Å². The number of rotatable bonds is 4. The summed E-state index contributed by atoms with van der Waals surface area (Å²) in [6.45, 7) is 3.58. The second-order valence-electron chi connectivity index (χ2n) is 4.46. The molecular formula is C14H15BrN2O3S. The van der Waals surface area contributed by atoms with E-state index >= 15 is 0 Å². The molecule has 112 valence electrons. The maximum absolute atomic E-state index is 11.6. The number of methoxy groups -OCH3 is 1. The first-order valence-corrected chi connectivity index (χ1v) is 7.88. The molecule has 0 saturated heterocycles. The summed E-state index contributed by atoms with van der Waals surface area (Å²) in [7, 11) is 1.55. The van der Waals surface area contributed by atoms with E-state index < -0.39 is 6.09 Å². The maximum Gasteiger partial charge on any atom is 0.411 e. The third kappa shape index (κ3) is 4.18. The van der Waals surface area contributed by atoms with Crippen molar-refractivity contribution in [2.75, 3.05) is 12.4 Å². The average molecular weight is 371 g/mol. The van der Waals surface area contributed by atoms with Gasteiger partial charge in [-0.05, 0) is 48.0 Å². The van der Waals surface area contributed by atoms with Gasteiger partial charge < -0.3 is 9.47 Å². The lowest BCUT2D eigenvalue weighted by Gasteiger charge is -2.13. The summed E-state index contributed by atoms with van der Waals surface area (Å²) in [5, 5.41) is 3.54. The first kappa shape index (κ1) is 15.8. The highest BCUT2D eigenvalue weighted by atomic mass is 79.9. The molecule has 2 rings (SSSR count). The number of nitrogens with one attached hydrogen (secondary N) is 1. The average Bonchev–Trinajstić information content (AvgIpc) is 2.85. The van der Waals surface area contributed by atoms with Crippen molar-refractivity contribution in [2.45, 2.75) is 20.0 Å². The van der Waals surface area contributed by atoms with Crippen LogP contribution in [0.1, 0.15) is 13.8 Å². The van der Waals surface area contributed by atoms with Crippen molar-refractivity contribution in [3.8, 4) is 16.3 Å². The fourth-order valence-corrected chi connectivity index (χ4v) is 2.87. The molecule has 0 spiro atoms. The van der Waals surface area contributed by atoms with Gasteiger partial charge in [-0.15, -0.1) is 11.3 Å². The van der Waals surface area contributed by atoms with Crippen LogP contribution in [0.25, 0.3) is 10.6 Å². The molecule has 1 N–H and O–H groups in total.